The Kier molecular flexibility index (Phi) is 13.8. The Bertz CT molecular complexity index is 1820. The Morgan fingerprint density at radius 3 is 1.33 bits per heavy atom. The van der Waals surface area contributed by atoms with Crippen molar-refractivity contribution < 1.29 is 56.5 Å². The zero-order chi connectivity index (χ0) is 36.9. The lowest BCUT2D eigenvalue weighted by Gasteiger charge is -2.44. The first-order valence-electron chi connectivity index (χ1n) is 16.4. The minimum Gasteiger partial charge on any atom is -0.459 e. The quantitative estimate of drug-likeness (QED) is 0.0688. The van der Waals surface area contributed by atoms with Gasteiger partial charge in [-0.2, -0.15) is 0 Å². The molecule has 5 rings (SSSR count). The molecule has 0 aromatic heterocycles. The Hall–Kier alpha value is -4.78. The standard InChI is InChI=1S/C38H37O12PS/c1-3-45-51(43,46-4-2)52-38-33(50-37(42)29-23-15-8-16-24-29)32(49-36(41)28-21-13-7-14-22-28)31(48-35(40)27-19-11-6-12-20-27)30(47-38)25-44-34(39)26-17-9-5-10-18-26/h5-24,30-33,38H,3-4,25H2,1-2H3/t30-,31+,32+,33-,38+/m1/s1. The van der Waals surface area contributed by atoms with Gasteiger partial charge in [0, 0.05) is 0 Å². The van der Waals surface area contributed by atoms with Crippen molar-refractivity contribution in [2.75, 3.05) is 19.8 Å². The summed E-state index contributed by atoms with van der Waals surface area (Å²) in [7, 11) is 0. The molecule has 1 heterocycles. The maximum Gasteiger partial charge on any atom is 0.391 e. The Morgan fingerprint density at radius 1 is 0.558 bits per heavy atom. The van der Waals surface area contributed by atoms with Crippen molar-refractivity contribution in [3.63, 3.8) is 0 Å². The van der Waals surface area contributed by atoms with Crippen molar-refractivity contribution in [3.05, 3.63) is 144 Å². The van der Waals surface area contributed by atoms with Crippen LogP contribution in [-0.4, -0.2) is 73.5 Å². The number of benzene rings is 4. The number of carbonyl (C=O) groups is 4. The van der Waals surface area contributed by atoms with Gasteiger partial charge in [0.2, 0.25) is 0 Å². The summed E-state index contributed by atoms with van der Waals surface area (Å²) in [6.07, 6.45) is -6.06. The van der Waals surface area contributed by atoms with Crippen LogP contribution in [0.2, 0.25) is 0 Å². The molecule has 4 aromatic rings. The van der Waals surface area contributed by atoms with Gasteiger partial charge in [-0.3, -0.25) is 0 Å². The van der Waals surface area contributed by atoms with Gasteiger partial charge in [-0.1, -0.05) is 72.8 Å². The molecule has 14 heteroatoms. The van der Waals surface area contributed by atoms with Gasteiger partial charge < -0.3 is 32.7 Å². The molecule has 0 spiro atoms. The van der Waals surface area contributed by atoms with Crippen LogP contribution in [0.25, 0.3) is 0 Å². The van der Waals surface area contributed by atoms with E-state index < -0.39 is 67.1 Å². The first-order chi connectivity index (χ1) is 25.2. The van der Waals surface area contributed by atoms with E-state index in [1.54, 1.807) is 98.8 Å². The van der Waals surface area contributed by atoms with E-state index >= 15 is 0 Å². The topological polar surface area (TPSA) is 150 Å². The minimum absolute atomic E-state index is 0.00663. The number of carbonyl (C=O) groups excluding carboxylic acids is 4. The van der Waals surface area contributed by atoms with Crippen molar-refractivity contribution in [2.24, 2.45) is 0 Å². The van der Waals surface area contributed by atoms with E-state index in [0.29, 0.717) is 11.4 Å². The summed E-state index contributed by atoms with van der Waals surface area (Å²) in [5.41, 5.74) is -0.754. The summed E-state index contributed by atoms with van der Waals surface area (Å²) in [5.74, 6) is -3.24. The van der Waals surface area contributed by atoms with Crippen LogP contribution in [0, 0.1) is 0 Å². The van der Waals surface area contributed by atoms with Crippen LogP contribution in [-0.2, 0) is 37.3 Å². The van der Waals surface area contributed by atoms with Gasteiger partial charge in [0.15, 0.2) is 23.7 Å². The highest BCUT2D eigenvalue weighted by Crippen LogP contribution is 2.64. The number of esters is 4. The fraction of sp³-hybridized carbons (Fsp3) is 0.263. The zero-order valence-corrected chi connectivity index (χ0v) is 30.0. The molecule has 1 aliphatic rings. The van der Waals surface area contributed by atoms with E-state index in [0.717, 1.165) is 0 Å². The van der Waals surface area contributed by atoms with E-state index in [1.807, 2.05) is 0 Å². The van der Waals surface area contributed by atoms with E-state index in [1.165, 1.54) is 36.4 Å². The Labute approximate surface area is 304 Å². The van der Waals surface area contributed by atoms with E-state index in [9.17, 15) is 23.7 Å². The number of ether oxygens (including phenoxy) is 5. The average molecular weight is 749 g/mol. The highest BCUT2D eigenvalue weighted by Gasteiger charge is 2.55. The molecule has 1 aliphatic heterocycles. The van der Waals surface area contributed by atoms with E-state index in [-0.39, 0.29) is 35.5 Å². The summed E-state index contributed by atoms with van der Waals surface area (Å²) in [6.45, 7) is -1.32. The predicted molar refractivity (Wildman–Crippen MR) is 191 cm³/mol. The molecule has 4 aromatic carbocycles. The van der Waals surface area contributed by atoms with Gasteiger partial charge in [-0.05, 0) is 73.8 Å². The van der Waals surface area contributed by atoms with Gasteiger partial charge in [0.25, 0.3) is 0 Å². The van der Waals surface area contributed by atoms with Crippen LogP contribution in [0.15, 0.2) is 121 Å². The SMILES string of the molecule is CCOP(=O)(OCC)S[C@@H]1O[C@H](COC(=O)c2ccccc2)[C@H](OC(=O)c2ccccc2)[C@H](OC(=O)c2ccccc2)[C@H]1OC(=O)c1ccccc1. The third-order valence-electron chi connectivity index (χ3n) is 7.54. The van der Waals surface area contributed by atoms with Gasteiger partial charge >= 0.3 is 30.7 Å². The molecule has 0 amide bonds. The molecular weight excluding hydrogens is 711 g/mol. The van der Waals surface area contributed by atoms with Gasteiger partial charge in [-0.15, -0.1) is 0 Å². The zero-order valence-electron chi connectivity index (χ0n) is 28.3. The number of rotatable bonds is 15. The normalized spacial score (nSPS) is 19.9. The molecule has 0 N–H and O–H groups in total. The fourth-order valence-electron chi connectivity index (χ4n) is 5.15. The van der Waals surface area contributed by atoms with Crippen LogP contribution in [0.4, 0.5) is 0 Å². The molecule has 0 bridgehead atoms. The van der Waals surface area contributed by atoms with Crippen LogP contribution >= 0.6 is 18.2 Å². The van der Waals surface area contributed by atoms with Crippen molar-refractivity contribution in [3.8, 4) is 0 Å². The molecule has 1 saturated heterocycles. The van der Waals surface area contributed by atoms with E-state index in [2.05, 4.69) is 0 Å². The van der Waals surface area contributed by atoms with Crippen molar-refractivity contribution in [1.82, 2.24) is 0 Å². The molecule has 12 nitrogen and oxygen atoms in total. The highest BCUT2D eigenvalue weighted by molar-refractivity contribution is 8.55. The maximum atomic E-state index is 14.0. The summed E-state index contributed by atoms with van der Waals surface area (Å²) in [5, 5.41) is 0. The van der Waals surface area contributed by atoms with Crippen molar-refractivity contribution in [2.45, 2.75) is 43.7 Å². The minimum atomic E-state index is -4.02. The Morgan fingerprint density at radius 2 is 0.923 bits per heavy atom. The summed E-state index contributed by atoms with van der Waals surface area (Å²) in [6, 6.07) is 32.2. The molecule has 52 heavy (non-hydrogen) atoms. The van der Waals surface area contributed by atoms with Crippen LogP contribution in [0.1, 0.15) is 55.3 Å². The second-order valence-corrected chi connectivity index (χ2v) is 15.2. The van der Waals surface area contributed by atoms with Crippen LogP contribution < -0.4 is 0 Å². The lowest BCUT2D eigenvalue weighted by molar-refractivity contribution is -0.207. The average Bonchev–Trinajstić information content (AvgIpc) is 3.17. The van der Waals surface area contributed by atoms with Gasteiger partial charge in [0.05, 0.1) is 35.5 Å². The highest BCUT2D eigenvalue weighted by atomic mass is 32.7. The number of hydrogen-bond donors (Lipinski definition) is 0. The van der Waals surface area contributed by atoms with Crippen molar-refractivity contribution in [1.29, 1.82) is 0 Å². The number of hydrogen-bond acceptors (Lipinski definition) is 13. The van der Waals surface area contributed by atoms with Crippen molar-refractivity contribution >= 4 is 42.1 Å². The second-order valence-electron chi connectivity index (χ2n) is 11.1. The maximum absolute atomic E-state index is 14.0. The van der Waals surface area contributed by atoms with E-state index in [4.69, 9.17) is 32.7 Å². The summed E-state index contributed by atoms with van der Waals surface area (Å²) >= 11 is 0.580. The third kappa shape index (κ3) is 10.2. The molecular formula is C38H37O12PS. The molecule has 272 valence electrons. The molecule has 0 saturated carbocycles. The molecule has 5 atom stereocenters. The van der Waals surface area contributed by atoms with Gasteiger partial charge in [0.1, 0.15) is 12.7 Å². The molecule has 1 fully saturated rings. The van der Waals surface area contributed by atoms with Crippen LogP contribution in [0.3, 0.4) is 0 Å². The third-order valence-corrected chi connectivity index (χ3v) is 11.6. The molecule has 0 aliphatic carbocycles. The predicted octanol–water partition coefficient (Wildman–Crippen LogP) is 7.16. The van der Waals surface area contributed by atoms with Gasteiger partial charge in [-0.25, -0.2) is 23.7 Å². The van der Waals surface area contributed by atoms with Crippen LogP contribution in [0.5, 0.6) is 0 Å². The smallest absolute Gasteiger partial charge is 0.391 e. The molecule has 0 unspecified atom stereocenters. The lowest BCUT2D eigenvalue weighted by atomic mass is 9.98. The largest absolute Gasteiger partial charge is 0.459 e. The summed E-state index contributed by atoms with van der Waals surface area (Å²) in [4.78, 5) is 54.1. The summed E-state index contributed by atoms with van der Waals surface area (Å²) < 4.78 is 55.1. The fourth-order valence-corrected chi connectivity index (χ4v) is 9.03. The lowest BCUT2D eigenvalue weighted by Crippen LogP contribution is -2.61. The monoisotopic (exact) mass is 748 g/mol. The Balaban J connectivity index is 1.60. The molecule has 0 radical (unpaired) electrons. The first-order valence-corrected chi connectivity index (χ1v) is 19.5. The second kappa shape index (κ2) is 18.6. The first kappa shape index (κ1) is 38.5.